The predicted molar refractivity (Wildman–Crippen MR) is 149 cm³/mol. The molecule has 2 unspecified atom stereocenters. The summed E-state index contributed by atoms with van der Waals surface area (Å²) in [6.45, 7) is 4.01. The molecule has 0 saturated carbocycles. The lowest BCUT2D eigenvalue weighted by molar-refractivity contribution is 0.0772. The van der Waals surface area contributed by atoms with E-state index in [9.17, 15) is 16.8 Å². The van der Waals surface area contributed by atoms with Gasteiger partial charge in [-0.2, -0.15) is 27.8 Å². The van der Waals surface area contributed by atoms with Crippen LogP contribution in [0.5, 0.6) is 0 Å². The zero-order chi connectivity index (χ0) is 29.5. The van der Waals surface area contributed by atoms with Gasteiger partial charge >= 0.3 is 0 Å². The Morgan fingerprint density at radius 2 is 1.90 bits per heavy atom. The molecule has 1 aliphatic rings. The molecule has 5 rings (SSSR count). The standard InChI is InChI=1S/C24H28N10O5S2/c1-15(2)29-19-8-23(34-24-17(11-28-34)7-16(9-25)10-27-24)26-12-18(19)20-13-33(31-30-20)21-5-6-32(40(3,35)36)14-22(21)39-41(4,37)38/h7-8,10-13,15,21-22H,5-6,14H2,1-4H3,(H,26,29). The molecule has 0 bridgehead atoms. The molecule has 5 heterocycles. The van der Waals surface area contributed by atoms with E-state index in [1.165, 1.54) is 15.2 Å². The van der Waals surface area contributed by atoms with Crippen molar-refractivity contribution in [1.82, 2.24) is 39.0 Å². The van der Waals surface area contributed by atoms with Gasteiger partial charge < -0.3 is 5.32 Å². The van der Waals surface area contributed by atoms with Crippen molar-refractivity contribution in [2.24, 2.45) is 0 Å². The number of sulfonamides is 1. The van der Waals surface area contributed by atoms with Gasteiger partial charge in [0.1, 0.15) is 17.9 Å². The Morgan fingerprint density at radius 3 is 2.59 bits per heavy atom. The summed E-state index contributed by atoms with van der Waals surface area (Å²) in [6, 6.07) is 5.06. The number of hydrogen-bond donors (Lipinski definition) is 1. The Labute approximate surface area is 236 Å². The van der Waals surface area contributed by atoms with Crippen molar-refractivity contribution in [2.45, 2.75) is 38.5 Å². The molecule has 41 heavy (non-hydrogen) atoms. The first-order chi connectivity index (χ1) is 19.3. The minimum Gasteiger partial charge on any atom is -0.382 e. The van der Waals surface area contributed by atoms with Crippen molar-refractivity contribution in [3.8, 4) is 23.1 Å². The minimum atomic E-state index is -3.88. The van der Waals surface area contributed by atoms with Crippen LogP contribution in [0.25, 0.3) is 28.1 Å². The summed E-state index contributed by atoms with van der Waals surface area (Å²) in [5, 5.41) is 26.2. The largest absolute Gasteiger partial charge is 0.382 e. The molecule has 2 atom stereocenters. The molecule has 15 nitrogen and oxygen atoms in total. The first-order valence-corrected chi connectivity index (χ1v) is 16.3. The van der Waals surface area contributed by atoms with E-state index in [4.69, 9.17) is 9.44 Å². The average Bonchev–Trinajstić information content (AvgIpc) is 3.54. The van der Waals surface area contributed by atoms with Gasteiger partial charge in [0.15, 0.2) is 11.5 Å². The highest BCUT2D eigenvalue weighted by molar-refractivity contribution is 7.88. The number of hydrogen-bond acceptors (Lipinski definition) is 12. The summed E-state index contributed by atoms with van der Waals surface area (Å²) in [4.78, 5) is 8.94. The quantitative estimate of drug-likeness (QED) is 0.286. The molecule has 4 aromatic rings. The van der Waals surface area contributed by atoms with Gasteiger partial charge in [0.2, 0.25) is 10.0 Å². The van der Waals surface area contributed by atoms with E-state index in [0.29, 0.717) is 39.4 Å². The van der Waals surface area contributed by atoms with Gasteiger partial charge in [-0.25, -0.2) is 23.1 Å². The highest BCUT2D eigenvalue weighted by atomic mass is 32.2. The van der Waals surface area contributed by atoms with Crippen molar-refractivity contribution in [2.75, 3.05) is 30.9 Å². The molecule has 0 aromatic carbocycles. The summed E-state index contributed by atoms with van der Waals surface area (Å²) >= 11 is 0. The molecule has 0 amide bonds. The predicted octanol–water partition coefficient (Wildman–Crippen LogP) is 1.32. The number of pyridine rings is 2. The smallest absolute Gasteiger partial charge is 0.264 e. The topological polar surface area (TPSA) is 191 Å². The molecular weight excluding hydrogens is 572 g/mol. The maximum absolute atomic E-state index is 12.1. The van der Waals surface area contributed by atoms with Crippen molar-refractivity contribution in [1.29, 1.82) is 5.26 Å². The van der Waals surface area contributed by atoms with Crippen molar-refractivity contribution in [3.05, 3.63) is 42.5 Å². The number of piperidine rings is 1. The first kappa shape index (κ1) is 28.5. The second-order valence-corrected chi connectivity index (χ2v) is 13.7. The molecular formula is C24H28N10O5S2. The van der Waals surface area contributed by atoms with Crippen LogP contribution in [0.2, 0.25) is 0 Å². The number of rotatable bonds is 8. The van der Waals surface area contributed by atoms with Crippen molar-refractivity contribution < 1.29 is 21.0 Å². The minimum absolute atomic E-state index is 0.0533. The highest BCUT2D eigenvalue weighted by Crippen LogP contribution is 2.32. The van der Waals surface area contributed by atoms with Gasteiger partial charge in [-0.1, -0.05) is 5.21 Å². The number of aromatic nitrogens is 7. The molecule has 4 aromatic heterocycles. The number of anilines is 1. The monoisotopic (exact) mass is 600 g/mol. The van der Waals surface area contributed by atoms with Crippen LogP contribution in [0, 0.1) is 11.3 Å². The SMILES string of the molecule is CC(C)Nc1cc(-n2ncc3cc(C#N)cnc32)ncc1-c1cn(C2CCN(S(C)(=O)=O)CC2OS(C)(=O)=O)nn1. The molecule has 17 heteroatoms. The highest BCUT2D eigenvalue weighted by Gasteiger charge is 2.37. The summed E-state index contributed by atoms with van der Waals surface area (Å²) in [7, 11) is -7.42. The Balaban J connectivity index is 1.49. The third-order valence-electron chi connectivity index (χ3n) is 6.47. The fourth-order valence-electron chi connectivity index (χ4n) is 4.71. The number of fused-ring (bicyclic) bond motifs is 1. The normalized spacial score (nSPS) is 18.5. The molecule has 1 N–H and O–H groups in total. The zero-order valence-corrected chi connectivity index (χ0v) is 24.3. The van der Waals surface area contributed by atoms with Gasteiger partial charge in [-0.3, -0.25) is 4.18 Å². The zero-order valence-electron chi connectivity index (χ0n) is 22.7. The molecule has 1 saturated heterocycles. The number of nitrogens with zero attached hydrogens (tertiary/aromatic N) is 9. The summed E-state index contributed by atoms with van der Waals surface area (Å²) in [5.74, 6) is 0.492. The van der Waals surface area contributed by atoms with Crippen LogP contribution in [0.3, 0.4) is 0 Å². The van der Waals surface area contributed by atoms with Crippen LogP contribution < -0.4 is 5.32 Å². The summed E-state index contributed by atoms with van der Waals surface area (Å²) < 4.78 is 57.7. The Kier molecular flexibility index (Phi) is 7.50. The Morgan fingerprint density at radius 1 is 1.12 bits per heavy atom. The van der Waals surface area contributed by atoms with Crippen LogP contribution in [0.15, 0.2) is 36.9 Å². The van der Waals surface area contributed by atoms with E-state index in [1.54, 1.807) is 35.4 Å². The Hall–Kier alpha value is -3.98. The van der Waals surface area contributed by atoms with E-state index < -0.39 is 32.3 Å². The third kappa shape index (κ3) is 6.20. The molecule has 0 aliphatic carbocycles. The lowest BCUT2D eigenvalue weighted by Crippen LogP contribution is -2.48. The van der Waals surface area contributed by atoms with Crippen molar-refractivity contribution in [3.63, 3.8) is 0 Å². The molecule has 0 radical (unpaired) electrons. The first-order valence-electron chi connectivity index (χ1n) is 12.6. The van der Waals surface area contributed by atoms with E-state index >= 15 is 0 Å². The molecule has 216 valence electrons. The van der Waals surface area contributed by atoms with E-state index in [-0.39, 0.29) is 25.6 Å². The van der Waals surface area contributed by atoms with Crippen LogP contribution >= 0.6 is 0 Å². The molecule has 1 aliphatic heterocycles. The molecule has 1 fully saturated rings. The second-order valence-electron chi connectivity index (χ2n) is 10.1. The Bertz CT molecular complexity index is 1860. The maximum Gasteiger partial charge on any atom is 0.264 e. The maximum atomic E-state index is 12.1. The van der Waals surface area contributed by atoms with Crippen LogP contribution in [0.1, 0.15) is 31.9 Å². The fraction of sp³-hybridized carbons (Fsp3) is 0.417. The van der Waals surface area contributed by atoms with Gasteiger partial charge in [0.25, 0.3) is 10.1 Å². The van der Waals surface area contributed by atoms with Crippen LogP contribution in [-0.4, -0.2) is 93.6 Å². The summed E-state index contributed by atoms with van der Waals surface area (Å²) in [5.41, 5.74) is 2.78. The summed E-state index contributed by atoms with van der Waals surface area (Å²) in [6.07, 6.45) is 7.66. The van der Waals surface area contributed by atoms with E-state index in [2.05, 4.69) is 36.8 Å². The molecule has 0 spiro atoms. The number of nitrogens with one attached hydrogen (secondary N) is 1. The lowest BCUT2D eigenvalue weighted by Gasteiger charge is -2.36. The van der Waals surface area contributed by atoms with Gasteiger partial charge in [-0.05, 0) is 26.3 Å². The van der Waals surface area contributed by atoms with E-state index in [1.807, 2.05) is 13.8 Å². The van der Waals surface area contributed by atoms with E-state index in [0.717, 1.165) is 12.5 Å². The number of nitriles is 1. The second kappa shape index (κ2) is 10.8. The average molecular weight is 601 g/mol. The van der Waals surface area contributed by atoms with Gasteiger partial charge in [0.05, 0.1) is 36.5 Å². The fourth-order valence-corrected chi connectivity index (χ4v) is 6.20. The van der Waals surface area contributed by atoms with Gasteiger partial charge in [-0.15, -0.1) is 5.10 Å². The van der Waals surface area contributed by atoms with Crippen molar-refractivity contribution >= 4 is 36.9 Å². The third-order valence-corrected chi connectivity index (χ3v) is 8.33. The van der Waals surface area contributed by atoms with Crippen LogP contribution in [0.4, 0.5) is 5.69 Å². The van der Waals surface area contributed by atoms with Gasteiger partial charge in [0, 0.05) is 54.2 Å². The van der Waals surface area contributed by atoms with Crippen LogP contribution in [-0.2, 0) is 24.3 Å². The lowest BCUT2D eigenvalue weighted by atomic mass is 10.0.